The number of rotatable bonds is 2. The van der Waals surface area contributed by atoms with Crippen molar-refractivity contribution in [2.24, 2.45) is 0 Å². The summed E-state index contributed by atoms with van der Waals surface area (Å²) in [5, 5.41) is 0.424. The maximum Gasteiger partial charge on any atom is 0.190 e. The molecule has 0 spiro atoms. The van der Waals surface area contributed by atoms with E-state index in [-0.39, 0.29) is 5.78 Å². The van der Waals surface area contributed by atoms with E-state index in [4.69, 9.17) is 11.6 Å². The first-order chi connectivity index (χ1) is 8.27. The molecule has 0 aliphatic heterocycles. The molecule has 17 heavy (non-hydrogen) atoms. The van der Waals surface area contributed by atoms with Crippen molar-refractivity contribution in [2.75, 3.05) is 0 Å². The second-order valence-corrected chi connectivity index (χ2v) is 4.77. The predicted molar refractivity (Wildman–Crippen MR) is 69.4 cm³/mol. The van der Waals surface area contributed by atoms with Crippen LogP contribution in [0.5, 0.6) is 0 Å². The van der Waals surface area contributed by atoms with Crippen LogP contribution in [0.4, 0.5) is 0 Å². The van der Waals surface area contributed by atoms with Crippen LogP contribution in [-0.2, 0) is 0 Å². The predicted octanol–water partition coefficient (Wildman–Crippen LogP) is 4.20. The minimum atomic E-state index is 0.107. The molecule has 1 aromatic heterocycles. The Morgan fingerprint density at radius 2 is 2.00 bits per heavy atom. The van der Waals surface area contributed by atoms with E-state index in [1.807, 2.05) is 0 Å². The zero-order valence-corrected chi connectivity index (χ0v) is 10.5. The van der Waals surface area contributed by atoms with Crippen molar-refractivity contribution in [1.29, 1.82) is 0 Å². The zero-order chi connectivity index (χ0) is 12.1. The van der Waals surface area contributed by atoms with Crippen molar-refractivity contribution in [3.63, 3.8) is 0 Å². The molecule has 0 unspecified atom stereocenters. The van der Waals surface area contributed by atoms with Gasteiger partial charge < -0.3 is 0 Å². The quantitative estimate of drug-likeness (QED) is 0.581. The second-order valence-electron chi connectivity index (χ2n) is 4.38. The molecule has 1 aliphatic carbocycles. The van der Waals surface area contributed by atoms with Gasteiger partial charge in [0.15, 0.2) is 5.78 Å². The fourth-order valence-electron chi connectivity index (χ4n) is 2.09. The van der Waals surface area contributed by atoms with E-state index in [0.717, 1.165) is 24.8 Å². The maximum atomic E-state index is 12.2. The molecule has 0 bridgehead atoms. The van der Waals surface area contributed by atoms with Crippen molar-refractivity contribution in [3.8, 4) is 0 Å². The summed E-state index contributed by atoms with van der Waals surface area (Å²) in [6, 6.07) is 3.41. The minimum Gasteiger partial charge on any atom is -0.289 e. The van der Waals surface area contributed by atoms with Gasteiger partial charge in [-0.15, -0.1) is 0 Å². The van der Waals surface area contributed by atoms with E-state index in [1.165, 1.54) is 19.3 Å². The van der Waals surface area contributed by atoms with E-state index in [1.54, 1.807) is 18.3 Å². The third-order valence-electron chi connectivity index (χ3n) is 3.07. The van der Waals surface area contributed by atoms with Gasteiger partial charge in [0.05, 0.1) is 0 Å². The highest BCUT2D eigenvalue weighted by Gasteiger charge is 2.13. The molecular weight excluding hydrogens is 234 g/mol. The molecule has 3 heteroatoms. The molecule has 2 nitrogen and oxygen atoms in total. The van der Waals surface area contributed by atoms with Crippen molar-refractivity contribution in [3.05, 3.63) is 40.7 Å². The van der Waals surface area contributed by atoms with Crippen LogP contribution in [-0.4, -0.2) is 10.8 Å². The fourth-order valence-corrected chi connectivity index (χ4v) is 2.21. The molecule has 0 radical (unpaired) electrons. The van der Waals surface area contributed by atoms with Gasteiger partial charge in [0.1, 0.15) is 5.15 Å². The number of allylic oxidation sites excluding steroid dienone is 2. The number of carbonyl (C=O) groups excluding carboxylic acids is 1. The summed E-state index contributed by atoms with van der Waals surface area (Å²) in [6.45, 7) is 0. The number of nitrogens with zero attached hydrogens (tertiary/aromatic N) is 1. The molecule has 1 heterocycles. The van der Waals surface area contributed by atoms with Crippen LogP contribution < -0.4 is 0 Å². The highest BCUT2D eigenvalue weighted by atomic mass is 35.5. The lowest BCUT2D eigenvalue weighted by atomic mass is 9.95. The fraction of sp³-hybridized carbons (Fsp3) is 0.429. The number of ketones is 1. The van der Waals surface area contributed by atoms with E-state index >= 15 is 0 Å². The van der Waals surface area contributed by atoms with Crippen LogP contribution in [0.1, 0.15) is 48.9 Å². The molecule has 0 saturated carbocycles. The Hall–Kier alpha value is -1.15. The van der Waals surface area contributed by atoms with Crippen molar-refractivity contribution in [1.82, 2.24) is 4.98 Å². The molecular formula is C14H16ClNO. The Morgan fingerprint density at radius 1 is 1.18 bits per heavy atom. The highest BCUT2D eigenvalue weighted by Crippen LogP contribution is 2.20. The first kappa shape index (κ1) is 12.3. The monoisotopic (exact) mass is 249 g/mol. The molecule has 1 aromatic rings. The van der Waals surface area contributed by atoms with Gasteiger partial charge in [0.25, 0.3) is 0 Å². The Labute approximate surface area is 107 Å². The van der Waals surface area contributed by atoms with Crippen LogP contribution in [0, 0.1) is 0 Å². The minimum absolute atomic E-state index is 0.107. The average molecular weight is 250 g/mol. The van der Waals surface area contributed by atoms with Gasteiger partial charge in [-0.2, -0.15) is 0 Å². The van der Waals surface area contributed by atoms with Gasteiger partial charge >= 0.3 is 0 Å². The molecule has 2 rings (SSSR count). The Morgan fingerprint density at radius 3 is 2.76 bits per heavy atom. The van der Waals surface area contributed by atoms with Crippen LogP contribution in [0.25, 0.3) is 0 Å². The van der Waals surface area contributed by atoms with Gasteiger partial charge in [-0.05, 0) is 43.4 Å². The number of pyridine rings is 1. The summed E-state index contributed by atoms with van der Waals surface area (Å²) in [7, 11) is 0. The lowest BCUT2D eigenvalue weighted by Crippen LogP contribution is -2.05. The van der Waals surface area contributed by atoms with Crippen LogP contribution in [0.2, 0.25) is 5.15 Å². The molecule has 0 saturated heterocycles. The molecule has 0 N–H and O–H groups in total. The van der Waals surface area contributed by atoms with Gasteiger partial charge in [0, 0.05) is 11.8 Å². The summed E-state index contributed by atoms with van der Waals surface area (Å²) in [4.78, 5) is 16.2. The highest BCUT2D eigenvalue weighted by molar-refractivity contribution is 6.29. The molecule has 1 aliphatic rings. The van der Waals surface area contributed by atoms with Crippen LogP contribution >= 0.6 is 11.6 Å². The van der Waals surface area contributed by atoms with E-state index in [9.17, 15) is 4.79 Å². The summed E-state index contributed by atoms with van der Waals surface area (Å²) in [5.41, 5.74) is 1.58. The zero-order valence-electron chi connectivity index (χ0n) is 9.79. The van der Waals surface area contributed by atoms with E-state index in [0.29, 0.717) is 10.7 Å². The first-order valence-electron chi connectivity index (χ1n) is 6.12. The van der Waals surface area contributed by atoms with E-state index in [2.05, 4.69) is 11.1 Å². The van der Waals surface area contributed by atoms with Gasteiger partial charge in [-0.1, -0.05) is 30.5 Å². The van der Waals surface area contributed by atoms with Crippen molar-refractivity contribution >= 4 is 17.4 Å². The van der Waals surface area contributed by atoms with Crippen LogP contribution in [0.3, 0.4) is 0 Å². The Bertz CT molecular complexity index is 422. The molecule has 90 valence electrons. The first-order valence-corrected chi connectivity index (χ1v) is 6.50. The summed E-state index contributed by atoms with van der Waals surface area (Å²) in [5.74, 6) is 0.107. The SMILES string of the molecule is O=C(/C1=C/CCCCCC1)c1ccc(Cl)nc1. The normalized spacial score (nSPS) is 19.9. The molecule has 0 amide bonds. The third-order valence-corrected chi connectivity index (χ3v) is 3.30. The van der Waals surface area contributed by atoms with Gasteiger partial charge in [-0.25, -0.2) is 4.98 Å². The lowest BCUT2D eigenvalue weighted by molar-refractivity contribution is 0.102. The van der Waals surface area contributed by atoms with Gasteiger partial charge in [-0.3, -0.25) is 4.79 Å². The number of hydrogen-bond acceptors (Lipinski definition) is 2. The van der Waals surface area contributed by atoms with Gasteiger partial charge in [0.2, 0.25) is 0 Å². The van der Waals surface area contributed by atoms with Crippen LogP contribution in [0.15, 0.2) is 30.0 Å². The number of carbonyl (C=O) groups is 1. The summed E-state index contributed by atoms with van der Waals surface area (Å²) < 4.78 is 0. The standard InChI is InChI=1S/C14H16ClNO/c15-13-9-8-12(10-16-13)14(17)11-6-4-2-1-3-5-7-11/h6,8-10H,1-5,7H2/b11-6+. The number of aromatic nitrogens is 1. The van der Waals surface area contributed by atoms with Crippen molar-refractivity contribution in [2.45, 2.75) is 38.5 Å². The number of halogens is 1. The topological polar surface area (TPSA) is 30.0 Å². The smallest absolute Gasteiger partial charge is 0.190 e. The number of hydrogen-bond donors (Lipinski definition) is 0. The molecule has 0 fully saturated rings. The summed E-state index contributed by atoms with van der Waals surface area (Å²) in [6.07, 6.45) is 10.4. The Kier molecular flexibility index (Phi) is 4.32. The number of Topliss-reactive ketones (excluding diaryl/α,β-unsaturated/α-hetero) is 1. The van der Waals surface area contributed by atoms with Crippen molar-refractivity contribution < 1.29 is 4.79 Å². The maximum absolute atomic E-state index is 12.2. The third kappa shape index (κ3) is 3.40. The average Bonchev–Trinajstić information content (AvgIpc) is 2.29. The largest absolute Gasteiger partial charge is 0.289 e. The van der Waals surface area contributed by atoms with E-state index < -0.39 is 0 Å². The lowest BCUT2D eigenvalue weighted by Gasteiger charge is -2.10. The molecule has 0 aromatic carbocycles. The molecule has 0 atom stereocenters. The Balaban J connectivity index is 2.15. The second kappa shape index (κ2) is 5.97. The summed E-state index contributed by atoms with van der Waals surface area (Å²) >= 11 is 5.71.